The summed E-state index contributed by atoms with van der Waals surface area (Å²) in [7, 11) is 0. The van der Waals surface area contributed by atoms with Gasteiger partial charge in [-0.3, -0.25) is 0 Å². The first-order valence-corrected chi connectivity index (χ1v) is 8.08. The predicted molar refractivity (Wildman–Crippen MR) is 78.9 cm³/mol. The van der Waals surface area contributed by atoms with Crippen LogP contribution in [-0.2, 0) is 0 Å². The van der Waals surface area contributed by atoms with Crippen LogP contribution in [0.3, 0.4) is 0 Å². The highest BCUT2D eigenvalue weighted by Gasteiger charge is 2.43. The number of hydrogen-bond donors (Lipinski definition) is 0. The molecular weight excluding hydrogens is 220 g/mol. The maximum absolute atomic E-state index is 2.69. The number of rotatable bonds is 6. The smallest absolute Gasteiger partial charge is 0.00514 e. The first-order chi connectivity index (χ1) is 8.63. The quantitative estimate of drug-likeness (QED) is 0.716. The summed E-state index contributed by atoms with van der Waals surface area (Å²) in [5, 5.41) is 0. The number of likely N-dealkylation sites (tertiary alicyclic amines) is 2. The highest BCUT2D eigenvalue weighted by molar-refractivity contribution is 4.97. The summed E-state index contributed by atoms with van der Waals surface area (Å²) in [4.78, 5) is 5.35. The maximum Gasteiger partial charge on any atom is 0.00514 e. The fourth-order valence-electron chi connectivity index (χ4n) is 3.67. The lowest BCUT2D eigenvalue weighted by Gasteiger charge is -2.54. The summed E-state index contributed by atoms with van der Waals surface area (Å²) >= 11 is 0. The van der Waals surface area contributed by atoms with Crippen molar-refractivity contribution in [3.8, 4) is 0 Å². The van der Waals surface area contributed by atoms with Crippen LogP contribution in [0.15, 0.2) is 0 Å². The molecule has 0 radical (unpaired) electrons. The Morgan fingerprint density at radius 1 is 1.00 bits per heavy atom. The molecule has 2 aliphatic rings. The van der Waals surface area contributed by atoms with Gasteiger partial charge in [0, 0.05) is 13.1 Å². The minimum Gasteiger partial charge on any atom is -0.303 e. The van der Waals surface area contributed by atoms with Crippen LogP contribution in [0.4, 0.5) is 0 Å². The lowest BCUT2D eigenvalue weighted by atomic mass is 9.72. The van der Waals surface area contributed by atoms with E-state index in [9.17, 15) is 0 Å². The minimum absolute atomic E-state index is 0.724. The molecule has 2 aliphatic heterocycles. The topological polar surface area (TPSA) is 6.48 Å². The second kappa shape index (κ2) is 6.38. The van der Waals surface area contributed by atoms with Crippen molar-refractivity contribution in [3.05, 3.63) is 0 Å². The summed E-state index contributed by atoms with van der Waals surface area (Å²) in [6.45, 7) is 15.1. The molecule has 2 rings (SSSR count). The monoisotopic (exact) mass is 252 g/mol. The normalized spacial score (nSPS) is 24.7. The van der Waals surface area contributed by atoms with Crippen LogP contribution >= 0.6 is 0 Å². The van der Waals surface area contributed by atoms with Gasteiger partial charge in [0.1, 0.15) is 0 Å². The Morgan fingerprint density at radius 2 is 1.67 bits per heavy atom. The SMILES string of the molecule is CCCN1CCC2(CC1)CN(CCCC(C)C)C2. The van der Waals surface area contributed by atoms with Gasteiger partial charge >= 0.3 is 0 Å². The Bertz CT molecular complexity index is 233. The fraction of sp³-hybridized carbons (Fsp3) is 1.00. The van der Waals surface area contributed by atoms with E-state index in [2.05, 4.69) is 30.6 Å². The van der Waals surface area contributed by atoms with E-state index in [0.717, 1.165) is 11.3 Å². The molecule has 2 fully saturated rings. The van der Waals surface area contributed by atoms with Crippen LogP contribution < -0.4 is 0 Å². The summed E-state index contributed by atoms with van der Waals surface area (Å²) < 4.78 is 0. The lowest BCUT2D eigenvalue weighted by Crippen LogP contribution is -2.60. The molecule has 0 aliphatic carbocycles. The zero-order chi connectivity index (χ0) is 13.0. The summed E-state index contributed by atoms with van der Waals surface area (Å²) in [5.41, 5.74) is 0.724. The Balaban J connectivity index is 1.60. The molecule has 2 nitrogen and oxygen atoms in total. The van der Waals surface area contributed by atoms with E-state index in [1.165, 1.54) is 71.4 Å². The van der Waals surface area contributed by atoms with E-state index in [-0.39, 0.29) is 0 Å². The second-order valence-electron chi connectivity index (χ2n) is 7.09. The van der Waals surface area contributed by atoms with Crippen molar-refractivity contribution in [1.82, 2.24) is 9.80 Å². The van der Waals surface area contributed by atoms with Gasteiger partial charge < -0.3 is 9.80 Å². The second-order valence-corrected chi connectivity index (χ2v) is 7.09. The summed E-state index contributed by atoms with van der Waals surface area (Å²) in [5.74, 6) is 0.873. The first-order valence-electron chi connectivity index (χ1n) is 8.08. The third kappa shape index (κ3) is 3.71. The van der Waals surface area contributed by atoms with Crippen LogP contribution in [0.25, 0.3) is 0 Å². The molecule has 2 heterocycles. The molecule has 0 aromatic carbocycles. The van der Waals surface area contributed by atoms with Gasteiger partial charge in [-0.1, -0.05) is 20.8 Å². The average molecular weight is 252 g/mol. The predicted octanol–water partition coefficient (Wildman–Crippen LogP) is 3.23. The van der Waals surface area contributed by atoms with Crippen molar-refractivity contribution in [3.63, 3.8) is 0 Å². The molecule has 2 heteroatoms. The van der Waals surface area contributed by atoms with Gasteiger partial charge in [-0.25, -0.2) is 0 Å². The van der Waals surface area contributed by atoms with Gasteiger partial charge in [0.25, 0.3) is 0 Å². The molecule has 0 bridgehead atoms. The lowest BCUT2D eigenvalue weighted by molar-refractivity contribution is -0.0469. The molecule has 0 aromatic heterocycles. The van der Waals surface area contributed by atoms with Crippen LogP contribution in [0.1, 0.15) is 52.9 Å². The Kier molecular flexibility index (Phi) is 5.08. The molecule has 18 heavy (non-hydrogen) atoms. The van der Waals surface area contributed by atoms with Gasteiger partial charge in [0.2, 0.25) is 0 Å². The van der Waals surface area contributed by atoms with Gasteiger partial charge in [0.05, 0.1) is 0 Å². The standard InChI is InChI=1S/C16H32N2/c1-4-9-17-11-7-16(8-12-17)13-18(14-16)10-5-6-15(2)3/h15H,4-14H2,1-3H3. The van der Waals surface area contributed by atoms with E-state index in [4.69, 9.17) is 0 Å². The van der Waals surface area contributed by atoms with Crippen LogP contribution in [0.2, 0.25) is 0 Å². The Morgan fingerprint density at radius 3 is 2.22 bits per heavy atom. The van der Waals surface area contributed by atoms with Gasteiger partial charge in [-0.2, -0.15) is 0 Å². The zero-order valence-electron chi connectivity index (χ0n) is 12.7. The largest absolute Gasteiger partial charge is 0.303 e. The van der Waals surface area contributed by atoms with Gasteiger partial charge in [0.15, 0.2) is 0 Å². The Hall–Kier alpha value is -0.0800. The zero-order valence-corrected chi connectivity index (χ0v) is 12.7. The molecule has 1 spiro atoms. The van der Waals surface area contributed by atoms with Crippen LogP contribution in [-0.4, -0.2) is 49.1 Å². The van der Waals surface area contributed by atoms with Gasteiger partial charge in [-0.05, 0) is 69.6 Å². The Labute approximate surface area is 114 Å². The number of hydrogen-bond acceptors (Lipinski definition) is 2. The van der Waals surface area contributed by atoms with Crippen molar-refractivity contribution >= 4 is 0 Å². The van der Waals surface area contributed by atoms with E-state index in [1.807, 2.05) is 0 Å². The van der Waals surface area contributed by atoms with E-state index in [0.29, 0.717) is 0 Å². The summed E-state index contributed by atoms with van der Waals surface area (Å²) in [6, 6.07) is 0. The number of nitrogens with zero attached hydrogens (tertiary/aromatic N) is 2. The van der Waals surface area contributed by atoms with Gasteiger partial charge in [-0.15, -0.1) is 0 Å². The molecule has 0 amide bonds. The average Bonchev–Trinajstić information content (AvgIpc) is 2.29. The van der Waals surface area contributed by atoms with Crippen molar-refractivity contribution in [2.45, 2.75) is 52.9 Å². The van der Waals surface area contributed by atoms with Crippen molar-refractivity contribution in [2.75, 3.05) is 39.3 Å². The molecule has 106 valence electrons. The highest BCUT2D eigenvalue weighted by Crippen LogP contribution is 2.40. The first kappa shape index (κ1) is 14.3. The molecule has 0 atom stereocenters. The molecular formula is C16H32N2. The third-order valence-corrected chi connectivity index (χ3v) is 4.83. The van der Waals surface area contributed by atoms with Crippen LogP contribution in [0, 0.1) is 11.3 Å². The van der Waals surface area contributed by atoms with E-state index < -0.39 is 0 Å². The molecule has 0 unspecified atom stereocenters. The molecule has 0 saturated carbocycles. The van der Waals surface area contributed by atoms with Crippen molar-refractivity contribution in [1.29, 1.82) is 0 Å². The molecule has 0 aromatic rings. The van der Waals surface area contributed by atoms with Crippen molar-refractivity contribution < 1.29 is 0 Å². The third-order valence-electron chi connectivity index (χ3n) is 4.83. The van der Waals surface area contributed by atoms with Crippen molar-refractivity contribution in [2.24, 2.45) is 11.3 Å². The fourth-order valence-corrected chi connectivity index (χ4v) is 3.67. The highest BCUT2D eigenvalue weighted by atomic mass is 15.2. The summed E-state index contributed by atoms with van der Waals surface area (Å²) in [6.07, 6.45) is 7.01. The van der Waals surface area contributed by atoms with Crippen LogP contribution in [0.5, 0.6) is 0 Å². The number of piperidine rings is 1. The maximum atomic E-state index is 2.69. The minimum atomic E-state index is 0.724. The van der Waals surface area contributed by atoms with E-state index in [1.54, 1.807) is 0 Å². The van der Waals surface area contributed by atoms with E-state index >= 15 is 0 Å². The molecule has 0 N–H and O–H groups in total. The molecule has 2 saturated heterocycles.